The van der Waals surface area contributed by atoms with Gasteiger partial charge in [-0.1, -0.05) is 11.6 Å². The lowest BCUT2D eigenvalue weighted by atomic mass is 10.2. The largest absolute Gasteiger partial charge is 0.474 e. The van der Waals surface area contributed by atoms with Crippen LogP contribution in [0.25, 0.3) is 0 Å². The predicted molar refractivity (Wildman–Crippen MR) is 130 cm³/mol. The second-order valence-electron chi connectivity index (χ2n) is 7.45. The van der Waals surface area contributed by atoms with Gasteiger partial charge in [0.05, 0.1) is 44.6 Å². The summed E-state index contributed by atoms with van der Waals surface area (Å²) in [5.41, 5.74) is 10.7. The van der Waals surface area contributed by atoms with Gasteiger partial charge in [-0.05, 0) is 38.5 Å². The van der Waals surface area contributed by atoms with Gasteiger partial charge in [0, 0.05) is 13.2 Å². The lowest BCUT2D eigenvalue weighted by molar-refractivity contribution is -0.166. The van der Waals surface area contributed by atoms with Crippen LogP contribution in [0.2, 0.25) is 5.15 Å². The number of hydrogen-bond donors (Lipinski definition) is 3. The first-order valence-corrected chi connectivity index (χ1v) is 11.9. The zero-order chi connectivity index (χ0) is 25.1. The number of nitrogens with two attached hydrogens (primary N) is 2. The van der Waals surface area contributed by atoms with Crippen LogP contribution in [-0.2, 0) is 18.9 Å². The molecular formula is C22H35ClN6O6. The Balaban J connectivity index is 0.000000204. The predicted octanol–water partition coefficient (Wildman–Crippen LogP) is 2.21. The molecule has 196 valence electrons. The summed E-state index contributed by atoms with van der Waals surface area (Å²) in [5, 5.41) is 8.74. The van der Waals surface area contributed by atoms with Crippen molar-refractivity contribution in [3.63, 3.8) is 0 Å². The average molecular weight is 515 g/mol. The molecule has 12 nitrogen and oxygen atoms in total. The van der Waals surface area contributed by atoms with Gasteiger partial charge >= 0.3 is 0 Å². The Kier molecular flexibility index (Phi) is 14.8. The van der Waals surface area contributed by atoms with Crippen molar-refractivity contribution in [3.8, 4) is 5.88 Å². The number of nitrogen functional groups attached to an aromatic ring is 2. The van der Waals surface area contributed by atoms with Crippen molar-refractivity contribution in [2.75, 3.05) is 51.1 Å². The van der Waals surface area contributed by atoms with Crippen LogP contribution in [-0.4, -0.2) is 77.3 Å². The summed E-state index contributed by atoms with van der Waals surface area (Å²) in [7, 11) is 0. The molecule has 2 aromatic rings. The summed E-state index contributed by atoms with van der Waals surface area (Å²) < 4.78 is 26.7. The minimum Gasteiger partial charge on any atom is -0.474 e. The minimum absolute atomic E-state index is 0.0547. The fourth-order valence-corrected chi connectivity index (χ4v) is 3.14. The molecule has 2 aliphatic heterocycles. The second-order valence-corrected chi connectivity index (χ2v) is 7.84. The number of rotatable bonds is 8. The number of aliphatic hydroxyl groups excluding tert-OH is 1. The van der Waals surface area contributed by atoms with Crippen molar-refractivity contribution in [2.24, 2.45) is 0 Å². The van der Waals surface area contributed by atoms with Crippen LogP contribution in [0.3, 0.4) is 0 Å². The molecule has 0 aromatic carbocycles. The van der Waals surface area contributed by atoms with Crippen molar-refractivity contribution in [2.45, 2.75) is 51.1 Å². The summed E-state index contributed by atoms with van der Waals surface area (Å²) >= 11 is 5.39. The maximum Gasteiger partial charge on any atom is 0.234 e. The number of aromatic nitrogens is 4. The fraction of sp³-hybridized carbons (Fsp3) is 0.636. The maximum atomic E-state index is 8.42. The Labute approximate surface area is 210 Å². The molecule has 2 aromatic heterocycles. The summed E-state index contributed by atoms with van der Waals surface area (Å²) in [6, 6.07) is 0. The molecule has 2 aliphatic rings. The van der Waals surface area contributed by atoms with Crippen LogP contribution in [0.5, 0.6) is 5.88 Å². The maximum absolute atomic E-state index is 8.42. The van der Waals surface area contributed by atoms with Crippen molar-refractivity contribution in [1.82, 2.24) is 19.9 Å². The van der Waals surface area contributed by atoms with E-state index in [1.54, 1.807) is 0 Å². The first-order chi connectivity index (χ1) is 17.1. The Morgan fingerprint density at radius 1 is 0.829 bits per heavy atom. The Morgan fingerprint density at radius 2 is 1.43 bits per heavy atom. The molecule has 0 spiro atoms. The molecule has 0 aliphatic carbocycles. The van der Waals surface area contributed by atoms with Crippen LogP contribution in [0.1, 0.15) is 38.5 Å². The second kappa shape index (κ2) is 18.0. The van der Waals surface area contributed by atoms with Gasteiger partial charge in [-0.3, -0.25) is 9.97 Å². The first kappa shape index (κ1) is 28.9. The van der Waals surface area contributed by atoms with Crippen LogP contribution < -0.4 is 16.2 Å². The first-order valence-electron chi connectivity index (χ1n) is 11.6. The van der Waals surface area contributed by atoms with Crippen molar-refractivity contribution >= 4 is 23.2 Å². The third-order valence-electron chi connectivity index (χ3n) is 4.56. The van der Waals surface area contributed by atoms with E-state index in [-0.39, 0.29) is 19.2 Å². The third-order valence-corrected chi connectivity index (χ3v) is 4.74. The molecule has 2 fully saturated rings. The van der Waals surface area contributed by atoms with Gasteiger partial charge in [0.1, 0.15) is 23.4 Å². The van der Waals surface area contributed by atoms with E-state index < -0.39 is 0 Å². The van der Waals surface area contributed by atoms with Gasteiger partial charge in [-0.25, -0.2) is 4.98 Å². The minimum atomic E-state index is -0.0840. The molecular weight excluding hydrogens is 480 g/mol. The fourth-order valence-electron chi connectivity index (χ4n) is 2.98. The molecule has 2 unspecified atom stereocenters. The standard InChI is InChI=1S/C11H17N3O3.C7H14O3.C4H4ClN3/c12-9-7-13-8-10(14-9)15-5-6-17-11-3-1-2-4-16-11;8-4-6-10-7-3-1-2-5-9-7;5-3-1-7-2-4(6)8-3/h7-8,11H,1-6H2,(H2,12,14);7-8H,1-6H2;1-2H,(H2,6,8). The molecule has 13 heteroatoms. The topological polar surface area (TPSA) is 170 Å². The molecule has 5 N–H and O–H groups in total. The number of aliphatic hydroxyl groups is 1. The van der Waals surface area contributed by atoms with Gasteiger partial charge in [-0.2, -0.15) is 4.98 Å². The van der Waals surface area contributed by atoms with Gasteiger partial charge in [0.2, 0.25) is 5.88 Å². The van der Waals surface area contributed by atoms with Crippen molar-refractivity contribution in [3.05, 3.63) is 29.9 Å². The van der Waals surface area contributed by atoms with Crippen molar-refractivity contribution < 1.29 is 28.8 Å². The highest BCUT2D eigenvalue weighted by Gasteiger charge is 2.14. The lowest BCUT2D eigenvalue weighted by Gasteiger charge is -2.22. The lowest BCUT2D eigenvalue weighted by Crippen LogP contribution is -2.24. The molecule has 2 atom stereocenters. The van der Waals surface area contributed by atoms with Crippen LogP contribution in [0, 0.1) is 0 Å². The van der Waals surface area contributed by atoms with E-state index in [1.165, 1.54) is 31.2 Å². The molecule has 0 radical (unpaired) electrons. The number of nitrogens with zero attached hydrogens (tertiary/aromatic N) is 4. The van der Waals surface area contributed by atoms with E-state index in [4.69, 9.17) is 51.9 Å². The Bertz CT molecular complexity index is 794. The number of anilines is 2. The molecule has 2 saturated heterocycles. The number of ether oxygens (including phenoxy) is 5. The number of halogens is 1. The zero-order valence-corrected chi connectivity index (χ0v) is 20.5. The highest BCUT2D eigenvalue weighted by molar-refractivity contribution is 6.29. The summed E-state index contributed by atoms with van der Waals surface area (Å²) in [5.74, 6) is 1.11. The van der Waals surface area contributed by atoms with Gasteiger partial charge in [0.25, 0.3) is 0 Å². The molecule has 4 rings (SSSR count). The van der Waals surface area contributed by atoms with E-state index in [0.29, 0.717) is 42.5 Å². The highest BCUT2D eigenvalue weighted by Crippen LogP contribution is 2.14. The molecule has 0 saturated carbocycles. The molecule has 35 heavy (non-hydrogen) atoms. The van der Waals surface area contributed by atoms with Gasteiger partial charge < -0.3 is 40.3 Å². The molecule has 4 heterocycles. The summed E-state index contributed by atoms with van der Waals surface area (Å²) in [6.07, 6.45) is 12.2. The van der Waals surface area contributed by atoms with Crippen LogP contribution in [0.4, 0.5) is 11.6 Å². The normalized spacial score (nSPS) is 19.5. The Morgan fingerprint density at radius 3 is 1.91 bits per heavy atom. The SMILES string of the molecule is Nc1cncc(Cl)n1.Nc1cncc(OCCOC2CCCCO2)n1.OCCOC1CCCCO1. The smallest absolute Gasteiger partial charge is 0.234 e. The average Bonchev–Trinajstić information content (AvgIpc) is 2.87. The van der Waals surface area contributed by atoms with E-state index >= 15 is 0 Å². The van der Waals surface area contributed by atoms with Gasteiger partial charge in [-0.15, -0.1) is 0 Å². The van der Waals surface area contributed by atoms with Crippen LogP contribution >= 0.6 is 11.6 Å². The quantitative estimate of drug-likeness (QED) is 0.439. The third kappa shape index (κ3) is 14.0. The van der Waals surface area contributed by atoms with E-state index in [1.807, 2.05) is 0 Å². The summed E-state index contributed by atoms with van der Waals surface area (Å²) in [6.45, 7) is 2.95. The molecule has 0 bridgehead atoms. The number of hydrogen-bond acceptors (Lipinski definition) is 12. The summed E-state index contributed by atoms with van der Waals surface area (Å²) in [4.78, 5) is 15.2. The van der Waals surface area contributed by atoms with Gasteiger partial charge in [0.15, 0.2) is 12.6 Å². The van der Waals surface area contributed by atoms with E-state index in [9.17, 15) is 0 Å². The van der Waals surface area contributed by atoms with Crippen LogP contribution in [0.15, 0.2) is 24.8 Å². The Hall–Kier alpha value is -2.35. The molecule has 0 amide bonds. The zero-order valence-electron chi connectivity index (χ0n) is 19.8. The monoisotopic (exact) mass is 514 g/mol. The van der Waals surface area contributed by atoms with E-state index in [0.717, 1.165) is 45.3 Å². The highest BCUT2D eigenvalue weighted by atomic mass is 35.5. The van der Waals surface area contributed by atoms with Crippen molar-refractivity contribution in [1.29, 1.82) is 0 Å². The van der Waals surface area contributed by atoms with E-state index in [2.05, 4.69) is 19.9 Å².